The van der Waals surface area contributed by atoms with E-state index in [1.807, 2.05) is 14.1 Å². The number of carbonyl (C=O) groups excluding carboxylic acids is 1. The second kappa shape index (κ2) is 72.3. The Kier molecular flexibility index (Phi) is 75.9. The maximum Gasteiger partial charge on any atom is 0.305 e. The highest BCUT2D eigenvalue weighted by Crippen LogP contribution is 2.17. The molecule has 0 saturated heterocycles. The zero-order valence-electron chi connectivity index (χ0n) is 50.4. The van der Waals surface area contributed by atoms with E-state index < -0.39 is 0 Å². The molecule has 0 radical (unpaired) electrons. The molecule has 1 atom stereocenters. The Labute approximate surface area is 453 Å². The van der Waals surface area contributed by atoms with Crippen LogP contribution in [0.4, 0.5) is 0 Å². The molecular formula is C65H135NO6. The van der Waals surface area contributed by atoms with E-state index in [9.17, 15) is 4.79 Å². The van der Waals surface area contributed by atoms with Gasteiger partial charge in [0.15, 0.2) is 0 Å². The van der Waals surface area contributed by atoms with Crippen molar-refractivity contribution in [3.63, 3.8) is 0 Å². The topological polar surface area (TPSA) is 88.5 Å². The summed E-state index contributed by atoms with van der Waals surface area (Å²) in [5.41, 5.74) is 0. The molecular weight excluding hydrogens is 891 g/mol. The quantitative estimate of drug-likeness (QED) is 0.0463. The lowest BCUT2D eigenvalue weighted by atomic mass is 10.0. The predicted molar refractivity (Wildman–Crippen MR) is 318 cm³/mol. The van der Waals surface area contributed by atoms with Gasteiger partial charge in [-0.05, 0) is 46.3 Å². The van der Waals surface area contributed by atoms with Crippen molar-refractivity contribution in [2.45, 2.75) is 354 Å². The van der Waals surface area contributed by atoms with Gasteiger partial charge in [0.05, 0.1) is 6.10 Å². The molecule has 0 heterocycles. The van der Waals surface area contributed by atoms with Gasteiger partial charge in [-0.1, -0.05) is 310 Å². The van der Waals surface area contributed by atoms with Crippen LogP contribution < -0.4 is 0 Å². The maximum absolute atomic E-state index is 11.8. The standard InChI is InChI=1S/C29H59NO4.2C18H38O/c1-5-6-7-8-9-10-11-12-13-14-15-16-17-18-19-20-25-33-26-23-28(32-4)27-34-29(31)22-21-24-30(2)3;2*1-2-3-4-5-6-7-8-9-10-11-12-13-14-15-16-17-18-19/h28H,5-27H2,1-4H3;2*19H,2-18H2,1H3. The average Bonchev–Trinajstić information content (AvgIpc) is 3.38. The van der Waals surface area contributed by atoms with Crippen molar-refractivity contribution in [1.82, 2.24) is 4.90 Å². The Morgan fingerprint density at radius 2 is 0.639 bits per heavy atom. The van der Waals surface area contributed by atoms with Crippen LogP contribution in [0.1, 0.15) is 348 Å². The minimum atomic E-state index is -0.141. The zero-order valence-corrected chi connectivity index (χ0v) is 50.4. The van der Waals surface area contributed by atoms with Gasteiger partial charge in [-0.25, -0.2) is 0 Å². The summed E-state index contributed by atoms with van der Waals surface area (Å²) in [5, 5.41) is 17.3. The lowest BCUT2D eigenvalue weighted by Crippen LogP contribution is -2.23. The van der Waals surface area contributed by atoms with E-state index >= 15 is 0 Å². The van der Waals surface area contributed by atoms with Gasteiger partial charge in [0.25, 0.3) is 0 Å². The molecule has 0 aromatic rings. The van der Waals surface area contributed by atoms with Crippen LogP contribution in [0.3, 0.4) is 0 Å². The second-order valence-electron chi connectivity index (χ2n) is 22.2. The number of esters is 1. The van der Waals surface area contributed by atoms with Gasteiger partial charge < -0.3 is 29.3 Å². The third-order valence-electron chi connectivity index (χ3n) is 14.5. The molecule has 0 aromatic heterocycles. The number of hydrogen-bond acceptors (Lipinski definition) is 7. The highest BCUT2D eigenvalue weighted by molar-refractivity contribution is 5.69. The molecule has 0 rings (SSSR count). The fourth-order valence-corrected chi connectivity index (χ4v) is 9.46. The van der Waals surface area contributed by atoms with E-state index in [2.05, 4.69) is 25.7 Å². The molecule has 0 bridgehead atoms. The Bertz CT molecular complexity index is 854. The van der Waals surface area contributed by atoms with Crippen LogP contribution in [0.25, 0.3) is 0 Å². The third kappa shape index (κ3) is 75.8. The van der Waals surface area contributed by atoms with E-state index in [1.54, 1.807) is 7.11 Å². The van der Waals surface area contributed by atoms with Crippen LogP contribution >= 0.6 is 0 Å². The van der Waals surface area contributed by atoms with E-state index in [0.29, 0.717) is 32.8 Å². The fourth-order valence-electron chi connectivity index (χ4n) is 9.46. The molecule has 7 nitrogen and oxygen atoms in total. The van der Waals surface area contributed by atoms with Gasteiger partial charge >= 0.3 is 5.97 Å². The summed E-state index contributed by atoms with van der Waals surface area (Å²) >= 11 is 0. The Balaban J connectivity index is -0.00000107. The number of hydrogen-bond donors (Lipinski definition) is 2. The van der Waals surface area contributed by atoms with Crippen molar-refractivity contribution in [3.05, 3.63) is 0 Å². The molecule has 7 heteroatoms. The maximum atomic E-state index is 11.8. The lowest BCUT2D eigenvalue weighted by Gasteiger charge is -2.16. The summed E-state index contributed by atoms with van der Waals surface area (Å²) < 4.78 is 16.5. The van der Waals surface area contributed by atoms with Gasteiger partial charge in [0, 0.05) is 46.4 Å². The highest BCUT2D eigenvalue weighted by atomic mass is 16.6. The molecule has 1 unspecified atom stereocenters. The second-order valence-corrected chi connectivity index (χ2v) is 22.2. The zero-order chi connectivity index (χ0) is 53.2. The fraction of sp³-hybridized carbons (Fsp3) is 0.985. The summed E-state index contributed by atoms with van der Waals surface area (Å²) in [5.74, 6) is -0.141. The van der Waals surface area contributed by atoms with Crippen molar-refractivity contribution in [2.24, 2.45) is 0 Å². The molecule has 0 aliphatic rings. The summed E-state index contributed by atoms with van der Waals surface area (Å²) in [7, 11) is 5.68. The molecule has 0 aliphatic carbocycles. The van der Waals surface area contributed by atoms with E-state index in [-0.39, 0.29) is 12.1 Å². The van der Waals surface area contributed by atoms with Crippen LogP contribution in [-0.4, -0.2) is 88.0 Å². The van der Waals surface area contributed by atoms with Gasteiger partial charge in [0.2, 0.25) is 0 Å². The SMILES string of the molecule is CCCCCCCCCCCCCCCCCCO.CCCCCCCCCCCCCCCCCCO.CCCCCCCCCCCCCCCCCCOCCC(COC(=O)CCCN(C)C)OC. The van der Waals surface area contributed by atoms with Crippen LogP contribution in [0.5, 0.6) is 0 Å². The molecule has 0 aromatic carbocycles. The third-order valence-corrected chi connectivity index (χ3v) is 14.5. The minimum absolute atomic E-state index is 0.0800. The molecule has 0 spiro atoms. The minimum Gasteiger partial charge on any atom is -0.463 e. The number of ether oxygens (including phenoxy) is 3. The first kappa shape index (κ1) is 75.5. The summed E-state index contributed by atoms with van der Waals surface area (Å²) in [6.45, 7) is 10.3. The normalized spacial score (nSPS) is 11.7. The van der Waals surface area contributed by atoms with Crippen molar-refractivity contribution < 1.29 is 29.2 Å². The van der Waals surface area contributed by atoms with Crippen molar-refractivity contribution in [2.75, 3.05) is 60.8 Å². The van der Waals surface area contributed by atoms with Crippen LogP contribution in [0.2, 0.25) is 0 Å². The number of aliphatic hydroxyl groups is 2. The predicted octanol–water partition coefficient (Wildman–Crippen LogP) is 20.0. The number of methoxy groups -OCH3 is 1. The Morgan fingerprint density at radius 1 is 0.375 bits per heavy atom. The average molecular weight is 1030 g/mol. The Morgan fingerprint density at radius 3 is 0.889 bits per heavy atom. The van der Waals surface area contributed by atoms with Gasteiger partial charge in [-0.15, -0.1) is 0 Å². The van der Waals surface area contributed by atoms with Crippen molar-refractivity contribution >= 4 is 5.97 Å². The Hall–Kier alpha value is -0.730. The highest BCUT2D eigenvalue weighted by Gasteiger charge is 2.11. The van der Waals surface area contributed by atoms with E-state index in [0.717, 1.165) is 45.3 Å². The summed E-state index contributed by atoms with van der Waals surface area (Å²) in [4.78, 5) is 13.8. The van der Waals surface area contributed by atoms with Crippen LogP contribution in [0.15, 0.2) is 0 Å². The molecule has 0 amide bonds. The first-order valence-electron chi connectivity index (χ1n) is 32.6. The number of rotatable bonds is 59. The molecule has 0 fully saturated rings. The van der Waals surface area contributed by atoms with Gasteiger partial charge in [-0.2, -0.15) is 0 Å². The first-order chi connectivity index (χ1) is 35.4. The molecule has 72 heavy (non-hydrogen) atoms. The summed E-state index contributed by atoms with van der Waals surface area (Å²) in [6.07, 6.45) is 68.5. The smallest absolute Gasteiger partial charge is 0.305 e. The van der Waals surface area contributed by atoms with Gasteiger partial charge in [-0.3, -0.25) is 4.79 Å². The molecule has 0 saturated carbocycles. The van der Waals surface area contributed by atoms with Gasteiger partial charge in [0.1, 0.15) is 6.61 Å². The number of nitrogens with zero attached hydrogens (tertiary/aromatic N) is 1. The summed E-state index contributed by atoms with van der Waals surface area (Å²) in [6, 6.07) is 0. The lowest BCUT2D eigenvalue weighted by molar-refractivity contribution is -0.147. The van der Waals surface area contributed by atoms with Crippen LogP contribution in [0, 0.1) is 0 Å². The molecule has 0 aliphatic heterocycles. The largest absolute Gasteiger partial charge is 0.463 e. The number of aliphatic hydroxyl groups excluding tert-OH is 2. The number of carbonyl (C=O) groups is 1. The monoisotopic (exact) mass is 1030 g/mol. The van der Waals surface area contributed by atoms with E-state index in [1.165, 1.54) is 289 Å². The van der Waals surface area contributed by atoms with Crippen LogP contribution in [-0.2, 0) is 19.0 Å². The first-order valence-corrected chi connectivity index (χ1v) is 32.6. The molecule has 2 N–H and O–H groups in total. The number of unbranched alkanes of at least 4 members (excludes halogenated alkanes) is 45. The van der Waals surface area contributed by atoms with E-state index in [4.69, 9.17) is 24.4 Å². The van der Waals surface area contributed by atoms with Crippen molar-refractivity contribution in [1.29, 1.82) is 0 Å². The van der Waals surface area contributed by atoms with Crippen molar-refractivity contribution in [3.8, 4) is 0 Å². The molecule has 436 valence electrons.